The van der Waals surface area contributed by atoms with E-state index in [-0.39, 0.29) is 5.91 Å². The van der Waals surface area contributed by atoms with Crippen molar-refractivity contribution in [2.75, 3.05) is 12.8 Å². The van der Waals surface area contributed by atoms with Crippen LogP contribution in [-0.4, -0.2) is 38.0 Å². The second kappa shape index (κ2) is 4.60. The van der Waals surface area contributed by atoms with Crippen LogP contribution in [0.3, 0.4) is 0 Å². The van der Waals surface area contributed by atoms with E-state index in [1.807, 2.05) is 0 Å². The summed E-state index contributed by atoms with van der Waals surface area (Å²) >= 11 is 0. The van der Waals surface area contributed by atoms with Gasteiger partial charge in [-0.3, -0.25) is 9.89 Å². The highest BCUT2D eigenvalue weighted by Gasteiger charge is 2.14. The Kier molecular flexibility index (Phi) is 2.99. The summed E-state index contributed by atoms with van der Waals surface area (Å²) in [4.78, 5) is 21.4. The third kappa shape index (κ3) is 2.57. The molecule has 0 aliphatic heterocycles. The summed E-state index contributed by atoms with van der Waals surface area (Å²) in [7, 11) is 1.67. The molecule has 7 heteroatoms. The molecular formula is C10H12N6O. The fourth-order valence-corrected chi connectivity index (χ4v) is 1.33. The van der Waals surface area contributed by atoms with E-state index in [0.29, 0.717) is 23.8 Å². The maximum Gasteiger partial charge on any atom is 0.272 e. The molecule has 0 aliphatic rings. The van der Waals surface area contributed by atoms with E-state index >= 15 is 0 Å². The Hall–Kier alpha value is -2.44. The van der Waals surface area contributed by atoms with Gasteiger partial charge < -0.3 is 10.6 Å². The van der Waals surface area contributed by atoms with Crippen LogP contribution in [0.4, 0.5) is 5.69 Å². The number of H-pyrrole nitrogens is 1. The van der Waals surface area contributed by atoms with Gasteiger partial charge in [0.2, 0.25) is 0 Å². The lowest BCUT2D eigenvalue weighted by atomic mass is 10.3. The molecule has 2 heterocycles. The lowest BCUT2D eigenvalue weighted by Gasteiger charge is -2.14. The zero-order chi connectivity index (χ0) is 12.3. The van der Waals surface area contributed by atoms with Crippen molar-refractivity contribution in [3.8, 4) is 0 Å². The summed E-state index contributed by atoms with van der Waals surface area (Å²) in [6.45, 7) is 0.352. The Balaban J connectivity index is 2.07. The number of amides is 1. The van der Waals surface area contributed by atoms with Gasteiger partial charge in [-0.25, -0.2) is 9.97 Å². The van der Waals surface area contributed by atoms with Crippen LogP contribution >= 0.6 is 0 Å². The number of nitrogen functional groups attached to an aromatic ring is 1. The molecule has 3 N–H and O–H groups in total. The Morgan fingerprint density at radius 1 is 1.47 bits per heavy atom. The van der Waals surface area contributed by atoms with Gasteiger partial charge in [0.1, 0.15) is 17.8 Å². The molecule has 0 saturated carbocycles. The SMILES string of the molecule is CN(Cc1ncn[nH]1)C(=O)c1ccc(N)cn1. The number of pyridine rings is 1. The Bertz CT molecular complexity index is 492. The van der Waals surface area contributed by atoms with E-state index < -0.39 is 0 Å². The first-order valence-electron chi connectivity index (χ1n) is 4.98. The molecule has 0 atom stereocenters. The molecule has 0 fully saturated rings. The van der Waals surface area contributed by atoms with Crippen molar-refractivity contribution in [1.29, 1.82) is 0 Å². The molecule has 7 nitrogen and oxygen atoms in total. The van der Waals surface area contributed by atoms with Gasteiger partial charge in [0, 0.05) is 7.05 Å². The maximum atomic E-state index is 11.9. The summed E-state index contributed by atoms with van der Waals surface area (Å²) in [5.41, 5.74) is 6.38. The number of nitrogens with one attached hydrogen (secondary N) is 1. The molecule has 1 amide bonds. The van der Waals surface area contributed by atoms with Gasteiger partial charge in [-0.2, -0.15) is 5.10 Å². The highest BCUT2D eigenvalue weighted by molar-refractivity contribution is 5.92. The number of rotatable bonds is 3. The minimum absolute atomic E-state index is 0.193. The average Bonchev–Trinajstić information content (AvgIpc) is 2.82. The van der Waals surface area contributed by atoms with Gasteiger partial charge in [0.15, 0.2) is 0 Å². The lowest BCUT2D eigenvalue weighted by Crippen LogP contribution is -2.27. The number of aromatic amines is 1. The fraction of sp³-hybridized carbons (Fsp3) is 0.200. The van der Waals surface area contributed by atoms with Gasteiger partial charge in [0.05, 0.1) is 18.4 Å². The van der Waals surface area contributed by atoms with E-state index in [1.165, 1.54) is 17.4 Å². The van der Waals surface area contributed by atoms with Crippen LogP contribution in [0.25, 0.3) is 0 Å². The van der Waals surface area contributed by atoms with Gasteiger partial charge in [-0.1, -0.05) is 0 Å². The van der Waals surface area contributed by atoms with Crippen LogP contribution in [0, 0.1) is 0 Å². The molecular weight excluding hydrogens is 220 g/mol. The summed E-state index contributed by atoms with van der Waals surface area (Å²) in [6, 6.07) is 3.23. The van der Waals surface area contributed by atoms with E-state index in [1.54, 1.807) is 19.2 Å². The number of carbonyl (C=O) groups is 1. The monoisotopic (exact) mass is 232 g/mol. The van der Waals surface area contributed by atoms with Crippen LogP contribution in [0.5, 0.6) is 0 Å². The molecule has 0 aromatic carbocycles. The number of hydrogen-bond donors (Lipinski definition) is 2. The molecule has 0 spiro atoms. The van der Waals surface area contributed by atoms with Crippen molar-refractivity contribution in [1.82, 2.24) is 25.1 Å². The van der Waals surface area contributed by atoms with E-state index in [4.69, 9.17) is 5.73 Å². The summed E-state index contributed by atoms with van der Waals surface area (Å²) in [5, 5.41) is 6.40. The predicted molar refractivity (Wildman–Crippen MR) is 60.8 cm³/mol. The number of nitrogens with zero attached hydrogens (tertiary/aromatic N) is 4. The van der Waals surface area contributed by atoms with E-state index in [9.17, 15) is 4.79 Å². The van der Waals surface area contributed by atoms with Crippen molar-refractivity contribution in [2.24, 2.45) is 0 Å². The zero-order valence-corrected chi connectivity index (χ0v) is 9.29. The molecule has 2 aromatic heterocycles. The van der Waals surface area contributed by atoms with Gasteiger partial charge in [0.25, 0.3) is 5.91 Å². The second-order valence-electron chi connectivity index (χ2n) is 3.57. The predicted octanol–water partition coefficient (Wildman–Crippen LogP) is 0.0541. The van der Waals surface area contributed by atoms with Gasteiger partial charge in [-0.05, 0) is 12.1 Å². The molecule has 0 bridgehead atoms. The van der Waals surface area contributed by atoms with Gasteiger partial charge >= 0.3 is 0 Å². The quantitative estimate of drug-likeness (QED) is 0.778. The summed E-state index contributed by atoms with van der Waals surface area (Å²) < 4.78 is 0. The zero-order valence-electron chi connectivity index (χ0n) is 9.29. The maximum absolute atomic E-state index is 11.9. The Morgan fingerprint density at radius 2 is 2.29 bits per heavy atom. The van der Waals surface area contributed by atoms with Crippen molar-refractivity contribution < 1.29 is 4.79 Å². The largest absolute Gasteiger partial charge is 0.397 e. The smallest absolute Gasteiger partial charge is 0.272 e. The lowest BCUT2D eigenvalue weighted by molar-refractivity contribution is 0.0776. The van der Waals surface area contributed by atoms with Crippen LogP contribution < -0.4 is 5.73 Å². The molecule has 17 heavy (non-hydrogen) atoms. The Morgan fingerprint density at radius 3 is 2.88 bits per heavy atom. The minimum Gasteiger partial charge on any atom is -0.397 e. The number of anilines is 1. The first-order valence-corrected chi connectivity index (χ1v) is 4.98. The van der Waals surface area contributed by atoms with Crippen LogP contribution in [0.15, 0.2) is 24.7 Å². The third-order valence-electron chi connectivity index (χ3n) is 2.20. The second-order valence-corrected chi connectivity index (χ2v) is 3.57. The van der Waals surface area contributed by atoms with Crippen molar-refractivity contribution in [3.63, 3.8) is 0 Å². The third-order valence-corrected chi connectivity index (χ3v) is 2.20. The summed E-state index contributed by atoms with van der Waals surface area (Å²) in [6.07, 6.45) is 2.85. The van der Waals surface area contributed by atoms with E-state index in [2.05, 4.69) is 20.2 Å². The van der Waals surface area contributed by atoms with Crippen molar-refractivity contribution in [3.05, 3.63) is 36.2 Å². The normalized spacial score (nSPS) is 10.2. The molecule has 88 valence electrons. The van der Waals surface area contributed by atoms with E-state index in [0.717, 1.165) is 0 Å². The number of nitrogens with two attached hydrogens (primary N) is 1. The van der Waals surface area contributed by atoms with Crippen molar-refractivity contribution in [2.45, 2.75) is 6.54 Å². The fourth-order valence-electron chi connectivity index (χ4n) is 1.33. The van der Waals surface area contributed by atoms with Gasteiger partial charge in [-0.15, -0.1) is 0 Å². The van der Waals surface area contributed by atoms with Crippen molar-refractivity contribution >= 4 is 11.6 Å². The molecule has 0 aliphatic carbocycles. The minimum atomic E-state index is -0.193. The topological polar surface area (TPSA) is 101 Å². The molecule has 0 unspecified atom stereocenters. The Labute approximate surface area is 97.7 Å². The number of aromatic nitrogens is 4. The highest BCUT2D eigenvalue weighted by Crippen LogP contribution is 2.05. The number of hydrogen-bond acceptors (Lipinski definition) is 5. The molecule has 2 rings (SSSR count). The highest BCUT2D eigenvalue weighted by atomic mass is 16.2. The standard InChI is InChI=1S/C10H12N6O/c1-16(5-9-13-6-14-15-9)10(17)8-3-2-7(11)4-12-8/h2-4,6H,5,11H2,1H3,(H,13,14,15). The average molecular weight is 232 g/mol. The van der Waals surface area contributed by atoms with Crippen LogP contribution in [0.1, 0.15) is 16.3 Å². The first kappa shape index (κ1) is 11.1. The molecule has 0 saturated heterocycles. The number of carbonyl (C=O) groups excluding carboxylic acids is 1. The molecule has 0 radical (unpaired) electrons. The van der Waals surface area contributed by atoms with Crippen LogP contribution in [0.2, 0.25) is 0 Å². The first-order chi connectivity index (χ1) is 8.16. The summed E-state index contributed by atoms with van der Waals surface area (Å²) in [5.74, 6) is 0.428. The molecule has 2 aromatic rings. The van der Waals surface area contributed by atoms with Crippen LogP contribution in [-0.2, 0) is 6.54 Å².